The number of unbranched alkanes of at least 4 members (excludes halogenated alkanes) is 1. The Kier molecular flexibility index (Phi) is 4.50. The van der Waals surface area contributed by atoms with Gasteiger partial charge in [0, 0.05) is 6.61 Å². The number of piperidine rings is 1. The Morgan fingerprint density at radius 1 is 1.67 bits per heavy atom. The SMILES string of the molecule is CCCCOC1(C(=N)N)NCCCC1N. The number of hydrogen-bond acceptors (Lipinski definition) is 4. The average molecular weight is 214 g/mol. The summed E-state index contributed by atoms with van der Waals surface area (Å²) in [7, 11) is 0. The van der Waals surface area contributed by atoms with Gasteiger partial charge in [0.15, 0.2) is 5.72 Å². The Bertz CT molecular complexity index is 221. The van der Waals surface area contributed by atoms with Gasteiger partial charge in [-0.2, -0.15) is 0 Å². The van der Waals surface area contributed by atoms with Gasteiger partial charge in [0.1, 0.15) is 5.84 Å². The zero-order valence-electron chi connectivity index (χ0n) is 9.38. The van der Waals surface area contributed by atoms with Crippen molar-refractivity contribution in [2.24, 2.45) is 11.5 Å². The summed E-state index contributed by atoms with van der Waals surface area (Å²) in [5, 5.41) is 10.8. The fourth-order valence-corrected chi connectivity index (χ4v) is 1.84. The first kappa shape index (κ1) is 12.4. The highest BCUT2D eigenvalue weighted by Crippen LogP contribution is 2.20. The van der Waals surface area contributed by atoms with E-state index in [1.807, 2.05) is 0 Å². The monoisotopic (exact) mass is 214 g/mol. The molecule has 0 bridgehead atoms. The van der Waals surface area contributed by atoms with Crippen LogP contribution in [-0.2, 0) is 4.74 Å². The van der Waals surface area contributed by atoms with Crippen molar-refractivity contribution in [1.82, 2.24) is 5.32 Å². The van der Waals surface area contributed by atoms with Crippen molar-refractivity contribution in [3.8, 4) is 0 Å². The number of nitrogens with one attached hydrogen (secondary N) is 2. The summed E-state index contributed by atoms with van der Waals surface area (Å²) in [5.74, 6) is -0.00852. The Morgan fingerprint density at radius 3 is 2.93 bits per heavy atom. The van der Waals surface area contributed by atoms with E-state index in [9.17, 15) is 0 Å². The lowest BCUT2D eigenvalue weighted by molar-refractivity contribution is -0.0505. The molecule has 5 nitrogen and oxygen atoms in total. The van der Waals surface area contributed by atoms with Gasteiger partial charge in [0.2, 0.25) is 0 Å². The van der Waals surface area contributed by atoms with Gasteiger partial charge in [0.25, 0.3) is 0 Å². The highest BCUT2D eigenvalue weighted by Gasteiger charge is 2.42. The fraction of sp³-hybridized carbons (Fsp3) is 0.900. The van der Waals surface area contributed by atoms with E-state index >= 15 is 0 Å². The standard InChI is InChI=1S/C10H22N4O/c1-2-3-7-15-10(9(12)13)8(11)5-4-6-14-10/h8,14H,2-7,11H2,1H3,(H3,12,13). The molecule has 0 aromatic rings. The maximum absolute atomic E-state index is 7.61. The molecule has 0 radical (unpaired) electrons. The summed E-state index contributed by atoms with van der Waals surface area (Å²) in [6.45, 7) is 3.49. The lowest BCUT2D eigenvalue weighted by atomic mass is 9.94. The van der Waals surface area contributed by atoms with Crippen molar-refractivity contribution in [3.63, 3.8) is 0 Å². The van der Waals surface area contributed by atoms with Crippen LogP contribution in [-0.4, -0.2) is 30.8 Å². The van der Waals surface area contributed by atoms with Crippen molar-refractivity contribution in [2.75, 3.05) is 13.2 Å². The minimum atomic E-state index is -0.923. The van der Waals surface area contributed by atoms with Crippen LogP contribution < -0.4 is 16.8 Å². The first-order valence-corrected chi connectivity index (χ1v) is 5.62. The largest absolute Gasteiger partial charge is 0.384 e. The Labute approximate surface area is 91.0 Å². The molecule has 88 valence electrons. The molecular weight excluding hydrogens is 192 g/mol. The molecule has 5 heteroatoms. The second-order valence-corrected chi connectivity index (χ2v) is 4.03. The van der Waals surface area contributed by atoms with E-state index in [-0.39, 0.29) is 11.9 Å². The Morgan fingerprint density at radius 2 is 2.40 bits per heavy atom. The van der Waals surface area contributed by atoms with Gasteiger partial charge < -0.3 is 16.2 Å². The first-order valence-electron chi connectivity index (χ1n) is 5.62. The number of ether oxygens (including phenoxy) is 1. The third-order valence-electron chi connectivity index (χ3n) is 2.83. The highest BCUT2D eigenvalue weighted by molar-refractivity contribution is 5.86. The van der Waals surface area contributed by atoms with Crippen molar-refractivity contribution in [3.05, 3.63) is 0 Å². The van der Waals surface area contributed by atoms with Crippen molar-refractivity contribution in [1.29, 1.82) is 5.41 Å². The van der Waals surface area contributed by atoms with Crippen LogP contribution in [0.5, 0.6) is 0 Å². The second-order valence-electron chi connectivity index (χ2n) is 4.03. The molecule has 1 aliphatic heterocycles. The van der Waals surface area contributed by atoms with Crippen molar-refractivity contribution < 1.29 is 4.74 Å². The fourth-order valence-electron chi connectivity index (χ4n) is 1.84. The quantitative estimate of drug-likeness (QED) is 0.297. The smallest absolute Gasteiger partial charge is 0.191 e. The molecule has 0 amide bonds. The van der Waals surface area contributed by atoms with Crippen LogP contribution >= 0.6 is 0 Å². The molecule has 0 aliphatic carbocycles. The van der Waals surface area contributed by atoms with Gasteiger partial charge in [0.05, 0.1) is 6.04 Å². The molecule has 1 fully saturated rings. The summed E-state index contributed by atoms with van der Waals surface area (Å²) < 4.78 is 5.70. The van der Waals surface area contributed by atoms with Gasteiger partial charge in [-0.1, -0.05) is 13.3 Å². The van der Waals surface area contributed by atoms with Crippen LogP contribution in [0.25, 0.3) is 0 Å². The molecule has 0 spiro atoms. The zero-order chi connectivity index (χ0) is 11.3. The lowest BCUT2D eigenvalue weighted by Gasteiger charge is -2.41. The third-order valence-corrected chi connectivity index (χ3v) is 2.83. The van der Waals surface area contributed by atoms with Crippen LogP contribution in [0.2, 0.25) is 0 Å². The van der Waals surface area contributed by atoms with Crippen LogP contribution in [0, 0.1) is 5.41 Å². The molecule has 6 N–H and O–H groups in total. The zero-order valence-corrected chi connectivity index (χ0v) is 9.38. The van der Waals surface area contributed by atoms with Crippen LogP contribution in [0.15, 0.2) is 0 Å². The topological polar surface area (TPSA) is 97.1 Å². The summed E-state index contributed by atoms with van der Waals surface area (Å²) in [4.78, 5) is 0. The lowest BCUT2D eigenvalue weighted by Crippen LogP contribution is -2.69. The van der Waals surface area contributed by atoms with Crippen molar-refractivity contribution in [2.45, 2.75) is 44.4 Å². The number of nitrogens with two attached hydrogens (primary N) is 2. The molecule has 2 atom stereocenters. The molecule has 1 aliphatic rings. The van der Waals surface area contributed by atoms with Gasteiger partial charge in [-0.15, -0.1) is 0 Å². The van der Waals surface area contributed by atoms with E-state index in [1.54, 1.807) is 0 Å². The number of amidine groups is 1. The summed E-state index contributed by atoms with van der Waals surface area (Å²) >= 11 is 0. The second kappa shape index (κ2) is 5.44. The van der Waals surface area contributed by atoms with E-state index in [0.717, 1.165) is 32.2 Å². The minimum absolute atomic E-state index is 0.00852. The normalized spacial score (nSPS) is 31.5. The maximum atomic E-state index is 7.61. The maximum Gasteiger partial charge on any atom is 0.191 e. The molecule has 1 rings (SSSR count). The third kappa shape index (κ3) is 2.68. The van der Waals surface area contributed by atoms with Crippen LogP contribution in [0.3, 0.4) is 0 Å². The predicted molar refractivity (Wildman–Crippen MR) is 60.7 cm³/mol. The van der Waals surface area contributed by atoms with E-state index in [1.165, 1.54) is 0 Å². The van der Waals surface area contributed by atoms with E-state index in [4.69, 9.17) is 21.6 Å². The number of hydrogen-bond donors (Lipinski definition) is 4. The van der Waals surface area contributed by atoms with Gasteiger partial charge >= 0.3 is 0 Å². The molecule has 0 aromatic carbocycles. The molecule has 1 heterocycles. The minimum Gasteiger partial charge on any atom is -0.384 e. The van der Waals surface area contributed by atoms with Crippen molar-refractivity contribution >= 4 is 5.84 Å². The number of rotatable bonds is 5. The van der Waals surface area contributed by atoms with Gasteiger partial charge in [-0.05, 0) is 25.8 Å². The van der Waals surface area contributed by atoms with E-state index in [0.29, 0.717) is 6.61 Å². The molecular formula is C10H22N4O. The van der Waals surface area contributed by atoms with E-state index in [2.05, 4.69) is 12.2 Å². The highest BCUT2D eigenvalue weighted by atomic mass is 16.5. The molecule has 15 heavy (non-hydrogen) atoms. The Balaban J connectivity index is 2.63. The molecule has 0 aromatic heterocycles. The molecule has 2 unspecified atom stereocenters. The Hall–Kier alpha value is -0.650. The van der Waals surface area contributed by atoms with Crippen LogP contribution in [0.4, 0.5) is 0 Å². The average Bonchev–Trinajstić information content (AvgIpc) is 2.21. The first-order chi connectivity index (χ1) is 7.13. The molecule has 0 saturated carbocycles. The van der Waals surface area contributed by atoms with E-state index < -0.39 is 5.72 Å². The predicted octanol–water partition coefficient (Wildman–Crippen LogP) is 0.146. The summed E-state index contributed by atoms with van der Waals surface area (Å²) in [5.41, 5.74) is 10.7. The van der Waals surface area contributed by atoms with Crippen LogP contribution in [0.1, 0.15) is 32.6 Å². The van der Waals surface area contributed by atoms with Gasteiger partial charge in [-0.25, -0.2) is 0 Å². The molecule has 1 saturated heterocycles. The summed E-state index contributed by atoms with van der Waals surface area (Å²) in [6, 6.07) is -0.222. The van der Waals surface area contributed by atoms with Gasteiger partial charge in [-0.3, -0.25) is 10.7 Å². The summed E-state index contributed by atoms with van der Waals surface area (Å²) in [6.07, 6.45) is 3.87.